The lowest BCUT2D eigenvalue weighted by Crippen LogP contribution is -2.33. The van der Waals surface area contributed by atoms with E-state index in [1.54, 1.807) is 11.3 Å². The van der Waals surface area contributed by atoms with E-state index >= 15 is 0 Å². The van der Waals surface area contributed by atoms with Crippen molar-refractivity contribution in [3.63, 3.8) is 0 Å². The van der Waals surface area contributed by atoms with Crippen LogP contribution in [0, 0.1) is 11.8 Å². The number of aliphatic hydroxyl groups excluding tert-OH is 2. The van der Waals surface area contributed by atoms with Gasteiger partial charge in [0.15, 0.2) is 0 Å². The van der Waals surface area contributed by atoms with Crippen molar-refractivity contribution in [3.8, 4) is 5.75 Å². The van der Waals surface area contributed by atoms with Crippen LogP contribution in [0.2, 0.25) is 0 Å². The molecular formula is C24H31NO4S. The SMILES string of the molecule is CCc1ccc(OC[C@@H]2[C@H]3CC[C@H](c4nc(CO)cs4)O[C@H]3C[C@H]2O)cc1C1CC1. The highest BCUT2D eigenvalue weighted by atomic mass is 32.1. The van der Waals surface area contributed by atoms with Crippen LogP contribution in [0.1, 0.15) is 72.9 Å². The van der Waals surface area contributed by atoms with E-state index in [4.69, 9.17) is 9.47 Å². The average Bonchev–Trinajstić information content (AvgIpc) is 3.41. The summed E-state index contributed by atoms with van der Waals surface area (Å²) in [6.07, 6.45) is 5.86. The normalized spacial score (nSPS) is 31.0. The second-order valence-corrected chi connectivity index (χ2v) is 9.90. The maximum Gasteiger partial charge on any atom is 0.122 e. The Balaban J connectivity index is 1.22. The molecule has 1 aromatic heterocycles. The van der Waals surface area contributed by atoms with Crippen LogP contribution < -0.4 is 4.74 Å². The van der Waals surface area contributed by atoms with Crippen molar-refractivity contribution < 1.29 is 19.7 Å². The molecule has 0 amide bonds. The van der Waals surface area contributed by atoms with Crippen molar-refractivity contribution in [2.24, 2.45) is 11.8 Å². The van der Waals surface area contributed by atoms with Gasteiger partial charge in [0, 0.05) is 17.7 Å². The number of hydrogen-bond acceptors (Lipinski definition) is 6. The van der Waals surface area contributed by atoms with Gasteiger partial charge in [0.05, 0.1) is 31.1 Å². The third-order valence-electron chi connectivity index (χ3n) is 7.06. The fraction of sp³-hybridized carbons (Fsp3) is 0.625. The standard InChI is InChI=1S/C24H31NO4S/c1-2-14-5-6-17(9-19(14)15-3-4-15)28-12-20-18-7-8-22(29-23(18)10-21(20)27)24-25-16(11-26)13-30-24/h5-6,9,13,15,18,20-23,26-27H,2-4,7-8,10-12H2,1H3/t18-,20-,21-,22-,23+/m1/s1. The summed E-state index contributed by atoms with van der Waals surface area (Å²) in [6, 6.07) is 6.52. The first kappa shape index (κ1) is 20.4. The summed E-state index contributed by atoms with van der Waals surface area (Å²) in [6.45, 7) is 2.72. The molecule has 1 aromatic carbocycles. The van der Waals surface area contributed by atoms with Crippen molar-refractivity contribution in [3.05, 3.63) is 45.4 Å². The number of nitrogens with zero attached hydrogens (tertiary/aromatic N) is 1. The molecule has 2 aliphatic carbocycles. The van der Waals surface area contributed by atoms with Crippen LogP contribution in [0.15, 0.2) is 23.6 Å². The molecular weight excluding hydrogens is 398 g/mol. The predicted molar refractivity (Wildman–Crippen MR) is 116 cm³/mol. The van der Waals surface area contributed by atoms with Gasteiger partial charge in [0.25, 0.3) is 0 Å². The molecule has 2 heterocycles. The van der Waals surface area contributed by atoms with Crippen molar-refractivity contribution in [1.82, 2.24) is 4.98 Å². The second kappa shape index (κ2) is 8.58. The summed E-state index contributed by atoms with van der Waals surface area (Å²) < 4.78 is 12.5. The molecule has 2 aromatic rings. The Labute approximate surface area is 182 Å². The molecule has 162 valence electrons. The number of benzene rings is 1. The van der Waals surface area contributed by atoms with Gasteiger partial charge in [0.1, 0.15) is 16.9 Å². The fourth-order valence-electron chi connectivity index (χ4n) is 5.24. The third kappa shape index (κ3) is 4.03. The molecule has 5 atom stereocenters. The molecule has 30 heavy (non-hydrogen) atoms. The third-order valence-corrected chi connectivity index (χ3v) is 8.05. The van der Waals surface area contributed by atoms with Gasteiger partial charge in [-0.05, 0) is 67.2 Å². The van der Waals surface area contributed by atoms with E-state index in [1.807, 2.05) is 5.38 Å². The van der Waals surface area contributed by atoms with Crippen LogP contribution >= 0.6 is 11.3 Å². The van der Waals surface area contributed by atoms with Gasteiger partial charge >= 0.3 is 0 Å². The number of rotatable bonds is 7. The maximum absolute atomic E-state index is 10.7. The van der Waals surface area contributed by atoms with E-state index in [9.17, 15) is 10.2 Å². The highest BCUT2D eigenvalue weighted by Crippen LogP contribution is 2.47. The molecule has 0 unspecified atom stereocenters. The summed E-state index contributed by atoms with van der Waals surface area (Å²) in [5.74, 6) is 2.08. The molecule has 5 rings (SSSR count). The largest absolute Gasteiger partial charge is 0.493 e. The van der Waals surface area contributed by atoms with Gasteiger partial charge in [-0.2, -0.15) is 0 Å². The zero-order valence-electron chi connectivity index (χ0n) is 17.5. The van der Waals surface area contributed by atoms with Crippen molar-refractivity contribution >= 4 is 11.3 Å². The van der Waals surface area contributed by atoms with Crippen LogP contribution in [0.3, 0.4) is 0 Å². The van der Waals surface area contributed by atoms with E-state index in [2.05, 4.69) is 30.1 Å². The lowest BCUT2D eigenvalue weighted by molar-refractivity contribution is -0.0812. The molecule has 0 bridgehead atoms. The smallest absolute Gasteiger partial charge is 0.122 e. The summed E-state index contributed by atoms with van der Waals surface area (Å²) in [5.41, 5.74) is 3.59. The number of ether oxygens (including phenoxy) is 2. The Bertz CT molecular complexity index is 880. The molecule has 2 saturated carbocycles. The first-order valence-corrected chi connectivity index (χ1v) is 12.2. The number of hydrogen-bond donors (Lipinski definition) is 2. The Morgan fingerprint density at radius 2 is 2.10 bits per heavy atom. The quantitative estimate of drug-likeness (QED) is 0.684. The maximum atomic E-state index is 10.7. The second-order valence-electron chi connectivity index (χ2n) is 9.01. The number of aryl methyl sites for hydroxylation is 1. The molecule has 3 aliphatic rings. The van der Waals surface area contributed by atoms with Crippen LogP contribution in [-0.2, 0) is 17.8 Å². The zero-order chi connectivity index (χ0) is 20.7. The Morgan fingerprint density at radius 1 is 1.23 bits per heavy atom. The number of aliphatic hydroxyl groups is 2. The first-order valence-electron chi connectivity index (χ1n) is 11.3. The molecule has 0 spiro atoms. The Morgan fingerprint density at radius 3 is 2.83 bits per heavy atom. The van der Waals surface area contributed by atoms with Crippen molar-refractivity contribution in [2.75, 3.05) is 6.61 Å². The van der Waals surface area contributed by atoms with Crippen LogP contribution in [0.25, 0.3) is 0 Å². The van der Waals surface area contributed by atoms with Crippen molar-refractivity contribution in [1.29, 1.82) is 0 Å². The van der Waals surface area contributed by atoms with Crippen LogP contribution in [0.4, 0.5) is 0 Å². The van der Waals surface area contributed by atoms with E-state index in [-0.39, 0.29) is 30.8 Å². The summed E-state index contributed by atoms with van der Waals surface area (Å²) in [7, 11) is 0. The zero-order valence-corrected chi connectivity index (χ0v) is 18.3. The van der Waals surface area contributed by atoms with Gasteiger partial charge in [-0.1, -0.05) is 13.0 Å². The molecule has 1 aliphatic heterocycles. The van der Waals surface area contributed by atoms with E-state index < -0.39 is 0 Å². The van der Waals surface area contributed by atoms with E-state index in [1.165, 1.54) is 24.0 Å². The minimum absolute atomic E-state index is 0.0221. The van der Waals surface area contributed by atoms with Gasteiger partial charge in [-0.25, -0.2) is 4.98 Å². The lowest BCUT2D eigenvalue weighted by Gasteiger charge is -2.33. The number of fused-ring (bicyclic) bond motifs is 1. The van der Waals surface area contributed by atoms with Gasteiger partial charge in [-0.3, -0.25) is 0 Å². The molecule has 6 heteroatoms. The van der Waals surface area contributed by atoms with E-state index in [0.717, 1.165) is 30.0 Å². The predicted octanol–water partition coefficient (Wildman–Crippen LogP) is 4.37. The van der Waals surface area contributed by atoms with E-state index in [0.29, 0.717) is 30.6 Å². The lowest BCUT2D eigenvalue weighted by atomic mass is 9.87. The Hall–Kier alpha value is -1.47. The Kier molecular flexibility index (Phi) is 5.84. The van der Waals surface area contributed by atoms with Gasteiger partial charge < -0.3 is 19.7 Å². The van der Waals surface area contributed by atoms with Crippen LogP contribution in [0.5, 0.6) is 5.75 Å². The summed E-state index contributed by atoms with van der Waals surface area (Å²) in [4.78, 5) is 4.48. The molecule has 5 nitrogen and oxygen atoms in total. The number of thiazole rings is 1. The van der Waals surface area contributed by atoms with Gasteiger partial charge in [0.2, 0.25) is 0 Å². The topological polar surface area (TPSA) is 71.8 Å². The first-order chi connectivity index (χ1) is 14.7. The van der Waals surface area contributed by atoms with Gasteiger partial charge in [-0.15, -0.1) is 11.3 Å². The summed E-state index contributed by atoms with van der Waals surface area (Å²) >= 11 is 1.55. The number of aromatic nitrogens is 1. The average molecular weight is 430 g/mol. The minimum atomic E-state index is -0.388. The minimum Gasteiger partial charge on any atom is -0.493 e. The van der Waals surface area contributed by atoms with Crippen LogP contribution in [-0.4, -0.2) is 34.0 Å². The fourth-order valence-corrected chi connectivity index (χ4v) is 6.12. The molecule has 3 fully saturated rings. The molecule has 0 radical (unpaired) electrons. The monoisotopic (exact) mass is 429 g/mol. The summed E-state index contributed by atoms with van der Waals surface area (Å²) in [5, 5.41) is 22.8. The highest BCUT2D eigenvalue weighted by Gasteiger charge is 2.47. The molecule has 2 N–H and O–H groups in total. The van der Waals surface area contributed by atoms with Crippen molar-refractivity contribution in [2.45, 2.75) is 76.3 Å². The highest BCUT2D eigenvalue weighted by molar-refractivity contribution is 7.09. The molecule has 1 saturated heterocycles.